The van der Waals surface area contributed by atoms with Gasteiger partial charge >= 0.3 is 5.97 Å². The lowest BCUT2D eigenvalue weighted by molar-refractivity contribution is 0.0598. The van der Waals surface area contributed by atoms with Gasteiger partial charge in [0.1, 0.15) is 11.3 Å². The molecule has 4 rings (SSSR count). The summed E-state index contributed by atoms with van der Waals surface area (Å²) < 4.78 is 5.03. The maximum atomic E-state index is 12.7. The van der Waals surface area contributed by atoms with Gasteiger partial charge in [0, 0.05) is 15.4 Å². The van der Waals surface area contributed by atoms with Crippen LogP contribution in [0.5, 0.6) is 5.75 Å². The zero-order chi connectivity index (χ0) is 21.1. The number of aromatic hydroxyl groups is 1. The second-order valence-electron chi connectivity index (χ2n) is 6.95. The second kappa shape index (κ2) is 8.64. The summed E-state index contributed by atoms with van der Waals surface area (Å²) in [6, 6.07) is 26.2. The summed E-state index contributed by atoms with van der Waals surface area (Å²) in [5, 5.41) is 13.2. The number of methoxy groups -OCH3 is 1. The Morgan fingerprint density at radius 1 is 0.933 bits per heavy atom. The topological polar surface area (TPSA) is 46.5 Å². The Balaban J connectivity index is 1.93. The van der Waals surface area contributed by atoms with E-state index in [9.17, 15) is 9.90 Å². The van der Waals surface area contributed by atoms with Crippen molar-refractivity contribution in [2.45, 2.75) is 23.1 Å². The third kappa shape index (κ3) is 3.79. The van der Waals surface area contributed by atoms with Crippen molar-refractivity contribution in [3.63, 3.8) is 0 Å². The molecule has 30 heavy (non-hydrogen) atoms. The summed E-state index contributed by atoms with van der Waals surface area (Å²) in [5.74, 6) is -0.548. The third-order valence-corrected chi connectivity index (χ3v) is 6.16. The number of esters is 1. The molecular weight excluding hydrogens is 392 g/mol. The van der Waals surface area contributed by atoms with Gasteiger partial charge in [-0.15, -0.1) is 0 Å². The zero-order valence-corrected chi connectivity index (χ0v) is 17.7. The Morgan fingerprint density at radius 3 is 2.33 bits per heavy atom. The summed E-state index contributed by atoms with van der Waals surface area (Å²) in [6.45, 7) is 1.96. The molecule has 0 unspecified atom stereocenters. The Labute approximate surface area is 180 Å². The molecule has 0 radical (unpaired) electrons. The molecule has 0 amide bonds. The van der Waals surface area contributed by atoms with Gasteiger partial charge in [0.25, 0.3) is 0 Å². The van der Waals surface area contributed by atoms with Gasteiger partial charge < -0.3 is 9.84 Å². The first kappa shape index (κ1) is 20.0. The van der Waals surface area contributed by atoms with Crippen LogP contribution in [-0.4, -0.2) is 18.2 Å². The van der Waals surface area contributed by atoms with Crippen molar-refractivity contribution < 1.29 is 14.6 Å². The highest BCUT2D eigenvalue weighted by molar-refractivity contribution is 7.99. The van der Waals surface area contributed by atoms with Gasteiger partial charge in [0.15, 0.2) is 0 Å². The van der Waals surface area contributed by atoms with Crippen LogP contribution in [0.2, 0.25) is 0 Å². The number of carbonyl (C=O) groups excluding carboxylic acids is 1. The molecule has 0 atom stereocenters. The molecule has 0 aliphatic carbocycles. The Morgan fingerprint density at radius 2 is 1.63 bits per heavy atom. The van der Waals surface area contributed by atoms with Gasteiger partial charge in [-0.1, -0.05) is 79.3 Å². The Kier molecular flexibility index (Phi) is 5.77. The van der Waals surface area contributed by atoms with E-state index in [2.05, 4.69) is 30.3 Å². The number of phenols is 1. The standard InChI is InChI=1S/C26H22O3S/c1-3-17-16-22(30-21-14-13-18-9-7-8-12-20(18)15-21)23(19-10-5-4-6-11-19)24(25(17)27)26(28)29-2/h4-16,27H,3H2,1-2H3. The number of ether oxygens (including phenoxy) is 1. The molecule has 0 fully saturated rings. The van der Waals surface area contributed by atoms with Crippen molar-refractivity contribution in [2.75, 3.05) is 7.11 Å². The lowest BCUT2D eigenvalue weighted by Gasteiger charge is -2.18. The first-order valence-electron chi connectivity index (χ1n) is 9.81. The highest BCUT2D eigenvalue weighted by atomic mass is 32.2. The van der Waals surface area contributed by atoms with Crippen molar-refractivity contribution >= 4 is 28.5 Å². The maximum Gasteiger partial charge on any atom is 0.342 e. The molecule has 0 saturated carbocycles. The molecule has 1 N–H and O–H groups in total. The molecule has 4 aromatic rings. The van der Waals surface area contributed by atoms with E-state index >= 15 is 0 Å². The molecule has 0 spiro atoms. The molecule has 3 nitrogen and oxygen atoms in total. The van der Waals surface area contributed by atoms with Crippen LogP contribution in [-0.2, 0) is 11.2 Å². The molecule has 4 aromatic carbocycles. The molecule has 0 aromatic heterocycles. The van der Waals surface area contributed by atoms with Gasteiger partial charge in [-0.3, -0.25) is 0 Å². The van der Waals surface area contributed by atoms with Crippen molar-refractivity contribution in [2.24, 2.45) is 0 Å². The van der Waals surface area contributed by atoms with Crippen LogP contribution < -0.4 is 0 Å². The lowest BCUT2D eigenvalue weighted by atomic mass is 9.95. The number of benzene rings is 4. The molecular formula is C26H22O3S. The number of carbonyl (C=O) groups is 1. The van der Waals surface area contributed by atoms with E-state index in [1.807, 2.05) is 55.5 Å². The van der Waals surface area contributed by atoms with Crippen molar-refractivity contribution in [3.05, 3.63) is 90.0 Å². The van der Waals surface area contributed by atoms with Crippen molar-refractivity contribution in [1.29, 1.82) is 0 Å². The number of hydrogen-bond acceptors (Lipinski definition) is 4. The Bertz CT molecular complexity index is 1220. The Hall–Kier alpha value is -3.24. The summed E-state index contributed by atoms with van der Waals surface area (Å²) in [5.41, 5.74) is 2.49. The summed E-state index contributed by atoms with van der Waals surface area (Å²) in [7, 11) is 1.34. The highest BCUT2D eigenvalue weighted by Crippen LogP contribution is 2.44. The van der Waals surface area contributed by atoms with Gasteiger partial charge in [-0.05, 0) is 46.5 Å². The third-order valence-electron chi connectivity index (χ3n) is 5.12. The van der Waals surface area contributed by atoms with Crippen LogP contribution in [0.1, 0.15) is 22.8 Å². The number of fused-ring (bicyclic) bond motifs is 1. The largest absolute Gasteiger partial charge is 0.507 e. The average Bonchev–Trinajstić information content (AvgIpc) is 2.79. The van der Waals surface area contributed by atoms with E-state index < -0.39 is 5.97 Å². The number of aryl methyl sites for hydroxylation is 1. The van der Waals surface area contributed by atoms with Gasteiger partial charge in [0.05, 0.1) is 7.11 Å². The fourth-order valence-corrected chi connectivity index (χ4v) is 4.70. The van der Waals surface area contributed by atoms with E-state index in [1.165, 1.54) is 12.5 Å². The predicted octanol–water partition coefficient (Wildman–Crippen LogP) is 6.71. The van der Waals surface area contributed by atoms with Crippen LogP contribution in [0.15, 0.2) is 88.7 Å². The molecule has 0 aliphatic rings. The highest BCUT2D eigenvalue weighted by Gasteiger charge is 2.25. The van der Waals surface area contributed by atoms with Crippen LogP contribution >= 0.6 is 11.8 Å². The van der Waals surface area contributed by atoms with E-state index in [0.717, 1.165) is 26.3 Å². The fraction of sp³-hybridized carbons (Fsp3) is 0.115. The number of phenolic OH excluding ortho intramolecular Hbond substituents is 1. The first-order valence-corrected chi connectivity index (χ1v) is 10.6. The molecule has 0 bridgehead atoms. The van der Waals surface area contributed by atoms with E-state index in [1.54, 1.807) is 11.8 Å². The molecule has 4 heteroatoms. The molecule has 0 saturated heterocycles. The molecule has 0 heterocycles. The van der Waals surface area contributed by atoms with E-state index in [0.29, 0.717) is 12.0 Å². The average molecular weight is 415 g/mol. The minimum absolute atomic E-state index is 0.00827. The quantitative estimate of drug-likeness (QED) is 0.369. The predicted molar refractivity (Wildman–Crippen MR) is 122 cm³/mol. The summed E-state index contributed by atoms with van der Waals surface area (Å²) in [6.07, 6.45) is 0.607. The molecule has 0 aliphatic heterocycles. The van der Waals surface area contributed by atoms with Crippen LogP contribution in [0.25, 0.3) is 21.9 Å². The van der Waals surface area contributed by atoms with Crippen LogP contribution in [0.3, 0.4) is 0 Å². The number of hydrogen-bond donors (Lipinski definition) is 1. The zero-order valence-electron chi connectivity index (χ0n) is 16.9. The lowest BCUT2D eigenvalue weighted by Crippen LogP contribution is -2.07. The monoisotopic (exact) mass is 414 g/mol. The second-order valence-corrected chi connectivity index (χ2v) is 8.07. The van der Waals surface area contributed by atoms with Crippen molar-refractivity contribution in [3.8, 4) is 16.9 Å². The fourth-order valence-electron chi connectivity index (χ4n) is 3.60. The van der Waals surface area contributed by atoms with Gasteiger partial charge in [-0.2, -0.15) is 0 Å². The van der Waals surface area contributed by atoms with Gasteiger partial charge in [-0.25, -0.2) is 4.79 Å². The summed E-state index contributed by atoms with van der Waals surface area (Å²) in [4.78, 5) is 14.7. The summed E-state index contributed by atoms with van der Waals surface area (Å²) >= 11 is 1.59. The SMILES string of the molecule is CCc1cc(Sc2ccc3ccccc3c2)c(-c2ccccc2)c(C(=O)OC)c1O. The van der Waals surface area contributed by atoms with E-state index in [4.69, 9.17) is 4.74 Å². The minimum atomic E-state index is -0.540. The number of rotatable bonds is 5. The maximum absolute atomic E-state index is 12.7. The smallest absolute Gasteiger partial charge is 0.342 e. The normalized spacial score (nSPS) is 10.9. The first-order chi connectivity index (χ1) is 14.6. The van der Waals surface area contributed by atoms with Crippen LogP contribution in [0, 0.1) is 0 Å². The van der Waals surface area contributed by atoms with Gasteiger partial charge in [0.2, 0.25) is 0 Å². The van der Waals surface area contributed by atoms with Crippen LogP contribution in [0.4, 0.5) is 0 Å². The minimum Gasteiger partial charge on any atom is -0.507 e. The van der Waals surface area contributed by atoms with Crippen molar-refractivity contribution in [1.82, 2.24) is 0 Å². The molecule has 150 valence electrons. The van der Waals surface area contributed by atoms with E-state index in [-0.39, 0.29) is 11.3 Å².